The highest BCUT2D eigenvalue weighted by Crippen LogP contribution is 2.29. The number of ether oxygens (including phenoxy) is 1. The zero-order valence-corrected chi connectivity index (χ0v) is 19.9. The van der Waals surface area contributed by atoms with Crippen LogP contribution in [0.5, 0.6) is 11.5 Å². The van der Waals surface area contributed by atoms with Crippen molar-refractivity contribution in [3.8, 4) is 11.5 Å². The molecule has 0 radical (unpaired) electrons. The quantitative estimate of drug-likeness (QED) is 0.284. The number of carbonyl (C=O) groups excluding carboxylic acids is 1. The number of amides is 1. The van der Waals surface area contributed by atoms with Crippen molar-refractivity contribution < 1.29 is 17.9 Å². The van der Waals surface area contributed by atoms with Crippen LogP contribution in [0.4, 0.5) is 11.4 Å². The number of hydrogen-bond acceptors (Lipinski definition) is 4. The molecule has 0 saturated carbocycles. The average molecular weight is 513 g/mol. The molecule has 9 heteroatoms. The van der Waals surface area contributed by atoms with Gasteiger partial charge in [0.1, 0.15) is 11.5 Å². The topological polar surface area (TPSA) is 84.5 Å². The minimum absolute atomic E-state index is 0.00516. The lowest BCUT2D eigenvalue weighted by Crippen LogP contribution is -2.18. The first-order chi connectivity index (χ1) is 16.3. The predicted octanol–water partition coefficient (Wildman–Crippen LogP) is 6.84. The number of rotatable bonds is 7. The van der Waals surface area contributed by atoms with Crippen molar-refractivity contribution in [2.75, 3.05) is 10.0 Å². The highest BCUT2D eigenvalue weighted by molar-refractivity contribution is 7.92. The predicted molar refractivity (Wildman–Crippen MR) is 135 cm³/mol. The Morgan fingerprint density at radius 3 is 2.00 bits per heavy atom. The number of carbonyl (C=O) groups is 1. The molecule has 0 aliphatic carbocycles. The van der Waals surface area contributed by atoms with Gasteiger partial charge in [0.15, 0.2) is 0 Å². The molecule has 1 amide bonds. The summed E-state index contributed by atoms with van der Waals surface area (Å²) in [6.45, 7) is 0. The molecule has 4 rings (SSSR count). The molecule has 0 aliphatic heterocycles. The summed E-state index contributed by atoms with van der Waals surface area (Å²) in [5.41, 5.74) is 0.651. The third-order valence-corrected chi connectivity index (χ3v) is 6.57. The summed E-state index contributed by atoms with van der Waals surface area (Å²) in [5, 5.41) is 3.67. The van der Waals surface area contributed by atoms with Crippen molar-refractivity contribution in [3.05, 3.63) is 113 Å². The van der Waals surface area contributed by atoms with Crippen LogP contribution >= 0.6 is 23.2 Å². The number of sulfonamides is 1. The lowest BCUT2D eigenvalue weighted by Gasteiger charge is -2.15. The Morgan fingerprint density at radius 1 is 0.735 bits per heavy atom. The van der Waals surface area contributed by atoms with Crippen molar-refractivity contribution in [2.45, 2.75) is 4.90 Å². The standard InChI is InChI=1S/C25H18Cl2N2O4S/c26-17-6-10-19(11-7-17)28-25(30)23-16-21(33-20-4-2-1-3-5-20)12-15-24(23)29-34(31,32)22-13-8-18(27)9-14-22/h1-16,29H,(H,28,30). The fraction of sp³-hybridized carbons (Fsp3) is 0. The summed E-state index contributed by atoms with van der Waals surface area (Å²) >= 11 is 11.8. The summed E-state index contributed by atoms with van der Waals surface area (Å²) in [5.74, 6) is 0.401. The van der Waals surface area contributed by atoms with E-state index >= 15 is 0 Å². The first kappa shape index (κ1) is 23.6. The van der Waals surface area contributed by atoms with Crippen LogP contribution in [-0.4, -0.2) is 14.3 Å². The van der Waals surface area contributed by atoms with Crippen molar-refractivity contribution >= 4 is 50.5 Å². The molecule has 0 spiro atoms. The maximum absolute atomic E-state index is 13.1. The fourth-order valence-corrected chi connectivity index (χ4v) is 4.37. The average Bonchev–Trinajstić information content (AvgIpc) is 2.82. The van der Waals surface area contributed by atoms with E-state index in [0.717, 1.165) is 0 Å². The SMILES string of the molecule is O=C(Nc1ccc(Cl)cc1)c1cc(Oc2ccccc2)ccc1NS(=O)(=O)c1ccc(Cl)cc1. The number of nitrogens with one attached hydrogen (secondary N) is 2. The Bertz CT molecular complexity index is 1410. The third-order valence-electron chi connectivity index (χ3n) is 4.68. The van der Waals surface area contributed by atoms with Gasteiger partial charge in [-0.2, -0.15) is 0 Å². The molecule has 6 nitrogen and oxygen atoms in total. The minimum atomic E-state index is -3.98. The van der Waals surface area contributed by atoms with Gasteiger partial charge in [0, 0.05) is 15.7 Å². The zero-order chi connectivity index (χ0) is 24.1. The molecule has 0 heterocycles. The molecule has 0 fully saturated rings. The van der Waals surface area contributed by atoms with Gasteiger partial charge in [-0.25, -0.2) is 8.42 Å². The highest BCUT2D eigenvalue weighted by atomic mass is 35.5. The van der Waals surface area contributed by atoms with E-state index in [-0.39, 0.29) is 16.1 Å². The molecule has 0 atom stereocenters. The molecular formula is C25H18Cl2N2O4S. The van der Waals surface area contributed by atoms with Crippen LogP contribution in [0.1, 0.15) is 10.4 Å². The Morgan fingerprint density at radius 2 is 1.35 bits per heavy atom. The van der Waals surface area contributed by atoms with Gasteiger partial charge in [0.25, 0.3) is 15.9 Å². The first-order valence-electron chi connectivity index (χ1n) is 10.0. The van der Waals surface area contributed by atoms with E-state index in [1.54, 1.807) is 42.5 Å². The van der Waals surface area contributed by atoms with Gasteiger partial charge in [-0.15, -0.1) is 0 Å². The summed E-state index contributed by atoms with van der Waals surface area (Å²) in [6, 6.07) is 25.8. The third kappa shape index (κ3) is 5.88. The van der Waals surface area contributed by atoms with E-state index in [9.17, 15) is 13.2 Å². The number of anilines is 2. The molecule has 2 N–H and O–H groups in total. The van der Waals surface area contributed by atoms with Crippen LogP contribution in [0.3, 0.4) is 0 Å². The van der Waals surface area contributed by atoms with Crippen LogP contribution in [0.2, 0.25) is 10.0 Å². The fourth-order valence-electron chi connectivity index (χ4n) is 3.04. The maximum Gasteiger partial charge on any atom is 0.261 e. The van der Waals surface area contributed by atoms with E-state index in [1.165, 1.54) is 36.4 Å². The number of para-hydroxylation sites is 1. The van der Waals surface area contributed by atoms with Crippen LogP contribution in [0.15, 0.2) is 102 Å². The number of benzene rings is 4. The Hall–Kier alpha value is -3.52. The number of halogens is 2. The molecule has 0 saturated heterocycles. The largest absolute Gasteiger partial charge is 0.457 e. The molecule has 0 aromatic heterocycles. The van der Waals surface area contributed by atoms with Crippen LogP contribution < -0.4 is 14.8 Å². The van der Waals surface area contributed by atoms with E-state index in [1.807, 2.05) is 18.2 Å². The molecule has 4 aromatic rings. The van der Waals surface area contributed by atoms with E-state index < -0.39 is 15.9 Å². The summed E-state index contributed by atoms with van der Waals surface area (Å²) in [4.78, 5) is 13.1. The van der Waals surface area contributed by atoms with Crippen molar-refractivity contribution in [2.24, 2.45) is 0 Å². The molecule has 172 valence electrons. The van der Waals surface area contributed by atoms with Gasteiger partial charge in [-0.3, -0.25) is 9.52 Å². The maximum atomic E-state index is 13.1. The Labute approximate surface area is 207 Å². The molecule has 0 bridgehead atoms. The van der Waals surface area contributed by atoms with Crippen molar-refractivity contribution in [1.29, 1.82) is 0 Å². The van der Waals surface area contributed by atoms with Gasteiger partial charge < -0.3 is 10.1 Å². The summed E-state index contributed by atoms with van der Waals surface area (Å²) in [6.07, 6.45) is 0. The van der Waals surface area contributed by atoms with E-state index in [2.05, 4.69) is 10.0 Å². The molecular weight excluding hydrogens is 495 g/mol. The van der Waals surface area contributed by atoms with Crippen molar-refractivity contribution in [1.82, 2.24) is 0 Å². The second kappa shape index (κ2) is 10.2. The Kier molecular flexibility index (Phi) is 7.07. The molecule has 4 aromatic carbocycles. The second-order valence-electron chi connectivity index (χ2n) is 7.14. The minimum Gasteiger partial charge on any atom is -0.457 e. The van der Waals surface area contributed by atoms with E-state index in [0.29, 0.717) is 27.2 Å². The van der Waals surface area contributed by atoms with Crippen LogP contribution in [0, 0.1) is 0 Å². The van der Waals surface area contributed by atoms with Crippen LogP contribution in [-0.2, 0) is 10.0 Å². The smallest absolute Gasteiger partial charge is 0.261 e. The van der Waals surface area contributed by atoms with Gasteiger partial charge in [-0.1, -0.05) is 41.4 Å². The Balaban J connectivity index is 1.68. The van der Waals surface area contributed by atoms with Gasteiger partial charge in [0.2, 0.25) is 0 Å². The molecule has 34 heavy (non-hydrogen) atoms. The first-order valence-corrected chi connectivity index (χ1v) is 12.3. The lowest BCUT2D eigenvalue weighted by atomic mass is 10.1. The summed E-state index contributed by atoms with van der Waals surface area (Å²) in [7, 11) is -3.98. The zero-order valence-electron chi connectivity index (χ0n) is 17.5. The monoisotopic (exact) mass is 512 g/mol. The van der Waals surface area contributed by atoms with Crippen LogP contribution in [0.25, 0.3) is 0 Å². The van der Waals surface area contributed by atoms with Gasteiger partial charge in [0.05, 0.1) is 16.1 Å². The van der Waals surface area contributed by atoms with E-state index in [4.69, 9.17) is 27.9 Å². The molecule has 0 unspecified atom stereocenters. The number of hydrogen-bond donors (Lipinski definition) is 2. The highest BCUT2D eigenvalue weighted by Gasteiger charge is 2.20. The molecule has 0 aliphatic rings. The van der Waals surface area contributed by atoms with Gasteiger partial charge >= 0.3 is 0 Å². The normalized spacial score (nSPS) is 11.0. The lowest BCUT2D eigenvalue weighted by molar-refractivity contribution is 0.102. The summed E-state index contributed by atoms with van der Waals surface area (Å²) < 4.78 is 34.2. The van der Waals surface area contributed by atoms with Gasteiger partial charge in [-0.05, 0) is 78.9 Å². The second-order valence-corrected chi connectivity index (χ2v) is 9.70. The van der Waals surface area contributed by atoms with Crippen molar-refractivity contribution in [3.63, 3.8) is 0 Å².